The Balaban J connectivity index is 3.68. The minimum atomic E-state index is -0.816. The van der Waals surface area contributed by atoms with Crippen LogP contribution in [0.1, 0.15) is 206 Å². The molecule has 0 rings (SSSR count). The molecule has 0 aliphatic heterocycles. The topological polar surface area (TPSA) is 72.8 Å². The monoisotopic (exact) mass is 1010 g/mol. The lowest BCUT2D eigenvalue weighted by atomic mass is 10.1. The highest BCUT2D eigenvalue weighted by molar-refractivity contribution is 5.70. The van der Waals surface area contributed by atoms with Gasteiger partial charge in [0.25, 0.3) is 0 Å². The maximum Gasteiger partial charge on any atom is 0.306 e. The summed E-state index contributed by atoms with van der Waals surface area (Å²) >= 11 is 0. The molecule has 0 radical (unpaired) electrons. The Kier molecular flexibility index (Phi) is 57.6. The molecular weight excluding hydrogens is 909 g/mol. The molecule has 1 unspecified atom stereocenters. The number of aliphatic hydroxyl groups excluding tert-OH is 1. The summed E-state index contributed by atoms with van der Waals surface area (Å²) in [5, 5.41) is 9.65. The largest absolute Gasteiger partial charge is 0.462 e. The Morgan fingerprint density at radius 3 is 0.851 bits per heavy atom. The van der Waals surface area contributed by atoms with Crippen molar-refractivity contribution in [2.75, 3.05) is 13.2 Å². The van der Waals surface area contributed by atoms with Crippen LogP contribution in [-0.4, -0.2) is 36.4 Å². The molecule has 0 spiro atoms. The van der Waals surface area contributed by atoms with Crippen LogP contribution in [0.25, 0.3) is 0 Å². The zero-order valence-electron chi connectivity index (χ0n) is 46.8. The Morgan fingerprint density at radius 1 is 0.311 bits per heavy atom. The molecule has 0 aromatic rings. The number of carbonyl (C=O) groups excluding carboxylic acids is 2. The number of rotatable bonds is 50. The molecule has 0 bridgehead atoms. The van der Waals surface area contributed by atoms with Gasteiger partial charge in [0.1, 0.15) is 6.61 Å². The van der Waals surface area contributed by atoms with Gasteiger partial charge in [0.05, 0.1) is 6.61 Å². The van der Waals surface area contributed by atoms with Crippen LogP contribution >= 0.6 is 0 Å². The van der Waals surface area contributed by atoms with Gasteiger partial charge in [-0.1, -0.05) is 253 Å². The summed E-state index contributed by atoms with van der Waals surface area (Å²) in [6.45, 7) is 3.84. The summed E-state index contributed by atoms with van der Waals surface area (Å²) in [6, 6.07) is 0. The van der Waals surface area contributed by atoms with E-state index in [-0.39, 0.29) is 25.2 Å². The first-order valence-corrected chi connectivity index (χ1v) is 29.0. The average Bonchev–Trinajstić information content (AvgIpc) is 3.40. The van der Waals surface area contributed by atoms with E-state index in [2.05, 4.69) is 208 Å². The highest BCUT2D eigenvalue weighted by Gasteiger charge is 2.16. The predicted octanol–water partition coefficient (Wildman–Crippen LogP) is 20.1. The van der Waals surface area contributed by atoms with Crippen LogP contribution in [0.3, 0.4) is 0 Å². The fourth-order valence-corrected chi connectivity index (χ4v) is 7.12. The highest BCUT2D eigenvalue weighted by atomic mass is 16.6. The van der Waals surface area contributed by atoms with E-state index < -0.39 is 6.10 Å². The number of unbranched alkanes of at least 4 members (excludes halogenated alkanes) is 10. The molecule has 0 aliphatic rings. The van der Waals surface area contributed by atoms with E-state index in [0.29, 0.717) is 19.3 Å². The molecule has 0 fully saturated rings. The molecule has 5 heteroatoms. The van der Waals surface area contributed by atoms with E-state index in [1.54, 1.807) is 0 Å². The first-order valence-electron chi connectivity index (χ1n) is 29.0. The van der Waals surface area contributed by atoms with Gasteiger partial charge >= 0.3 is 11.9 Å². The van der Waals surface area contributed by atoms with E-state index in [1.165, 1.54) is 38.5 Å². The van der Waals surface area contributed by atoms with Crippen molar-refractivity contribution in [3.63, 3.8) is 0 Å². The summed E-state index contributed by atoms with van der Waals surface area (Å²) in [6.07, 6.45) is 99.7. The number of allylic oxidation sites excluding steroid dienone is 32. The second-order valence-corrected chi connectivity index (χ2v) is 18.2. The molecule has 0 aromatic carbocycles. The van der Waals surface area contributed by atoms with Crippen molar-refractivity contribution in [2.24, 2.45) is 0 Å². The Morgan fingerprint density at radius 2 is 0.554 bits per heavy atom. The van der Waals surface area contributed by atoms with E-state index in [9.17, 15) is 14.7 Å². The Labute approximate surface area is 454 Å². The number of hydrogen-bond acceptors (Lipinski definition) is 5. The molecule has 1 atom stereocenters. The highest BCUT2D eigenvalue weighted by Crippen LogP contribution is 2.13. The third-order valence-corrected chi connectivity index (χ3v) is 11.4. The second-order valence-electron chi connectivity index (χ2n) is 18.2. The van der Waals surface area contributed by atoms with Crippen molar-refractivity contribution in [2.45, 2.75) is 213 Å². The lowest BCUT2D eigenvalue weighted by molar-refractivity contribution is -0.161. The SMILES string of the molecule is CC/C=C\C/C=C\C/C=C\C/C=C\C/C=C\C/C=C\C/C=C\C/C=C\C/C=C\CCCCCCCCCCCC(=O)OC(CO)COC(=O)CCC/C=C\C/C=C\C/C=C\C/C=C\C/C=C\C/C=C\C/C=C\CC. The fraction of sp³-hybridized carbons (Fsp3) is 0.507. The third-order valence-electron chi connectivity index (χ3n) is 11.4. The molecule has 74 heavy (non-hydrogen) atoms. The standard InChI is InChI=1S/C69H104O5/c1-3-5-7-9-11-13-15-17-19-21-23-25-27-28-29-30-31-32-33-34-35-36-37-38-39-40-42-44-46-48-50-52-54-56-58-60-62-64-69(72)74-67(65-70)66-73-68(71)63-61-59-57-55-53-51-49-47-45-43-41-26-24-22-20-18-16-14-12-10-8-6-4-2/h5-8,11-14,17-20,23-26,28-29,31-32,34-35,37-38,40,42-43,45,49,51,55,57,67,70H,3-4,9-10,15-16,21-22,27,30,33,36,39,41,44,46-48,50,52-54,56,58-66H2,1-2H3/b7-5-,8-6-,13-11-,14-12-,19-17-,20-18-,25-23-,26-24-,29-28-,32-31-,35-34-,38-37-,42-40-,45-43-,51-49-,57-55-. The van der Waals surface area contributed by atoms with Gasteiger partial charge in [-0.25, -0.2) is 0 Å². The van der Waals surface area contributed by atoms with E-state index in [1.807, 2.05) is 0 Å². The lowest BCUT2D eigenvalue weighted by Gasteiger charge is -2.15. The molecule has 0 aliphatic carbocycles. The summed E-state index contributed by atoms with van der Waals surface area (Å²) in [4.78, 5) is 24.5. The predicted molar refractivity (Wildman–Crippen MR) is 324 cm³/mol. The summed E-state index contributed by atoms with van der Waals surface area (Å²) in [5.41, 5.74) is 0. The van der Waals surface area contributed by atoms with Crippen molar-refractivity contribution in [3.05, 3.63) is 194 Å². The van der Waals surface area contributed by atoms with E-state index in [0.717, 1.165) is 135 Å². The maximum atomic E-state index is 12.3. The number of aliphatic hydroxyl groups is 1. The molecule has 0 saturated carbocycles. The van der Waals surface area contributed by atoms with Crippen molar-refractivity contribution >= 4 is 11.9 Å². The first-order chi connectivity index (χ1) is 36.6. The zero-order chi connectivity index (χ0) is 53.4. The van der Waals surface area contributed by atoms with Crippen LogP contribution in [0.15, 0.2) is 194 Å². The minimum absolute atomic E-state index is 0.112. The van der Waals surface area contributed by atoms with Crippen molar-refractivity contribution in [3.8, 4) is 0 Å². The first kappa shape index (κ1) is 68.7. The van der Waals surface area contributed by atoms with Crippen LogP contribution in [0.2, 0.25) is 0 Å². The molecule has 0 aromatic heterocycles. The quantitative estimate of drug-likeness (QED) is 0.0373. The van der Waals surface area contributed by atoms with Gasteiger partial charge in [0.2, 0.25) is 0 Å². The normalized spacial score (nSPS) is 13.7. The smallest absolute Gasteiger partial charge is 0.306 e. The van der Waals surface area contributed by atoms with Crippen LogP contribution in [0.5, 0.6) is 0 Å². The average molecular weight is 1010 g/mol. The molecule has 0 heterocycles. The Bertz CT molecular complexity index is 1760. The minimum Gasteiger partial charge on any atom is -0.462 e. The summed E-state index contributed by atoms with van der Waals surface area (Å²) in [5.74, 6) is -0.684. The van der Waals surface area contributed by atoms with Gasteiger partial charge in [-0.15, -0.1) is 0 Å². The maximum absolute atomic E-state index is 12.3. The van der Waals surface area contributed by atoms with E-state index >= 15 is 0 Å². The number of ether oxygens (including phenoxy) is 2. The van der Waals surface area contributed by atoms with Gasteiger partial charge in [-0.05, 0) is 135 Å². The fourth-order valence-electron chi connectivity index (χ4n) is 7.12. The molecule has 5 nitrogen and oxygen atoms in total. The van der Waals surface area contributed by atoms with Crippen LogP contribution < -0.4 is 0 Å². The summed E-state index contributed by atoms with van der Waals surface area (Å²) in [7, 11) is 0. The van der Waals surface area contributed by atoms with Crippen molar-refractivity contribution in [1.29, 1.82) is 0 Å². The number of carbonyl (C=O) groups is 2. The van der Waals surface area contributed by atoms with Gasteiger partial charge in [0.15, 0.2) is 6.10 Å². The van der Waals surface area contributed by atoms with Crippen LogP contribution in [0, 0.1) is 0 Å². The van der Waals surface area contributed by atoms with Crippen LogP contribution in [-0.2, 0) is 19.1 Å². The van der Waals surface area contributed by atoms with Gasteiger partial charge in [-0.2, -0.15) is 0 Å². The number of hydrogen-bond donors (Lipinski definition) is 1. The van der Waals surface area contributed by atoms with Gasteiger partial charge in [0, 0.05) is 12.8 Å². The third kappa shape index (κ3) is 59.3. The molecule has 410 valence electrons. The Hall–Kier alpha value is -5.26. The van der Waals surface area contributed by atoms with Gasteiger partial charge < -0.3 is 14.6 Å². The van der Waals surface area contributed by atoms with Crippen LogP contribution in [0.4, 0.5) is 0 Å². The van der Waals surface area contributed by atoms with Crippen molar-refractivity contribution in [1.82, 2.24) is 0 Å². The molecule has 0 amide bonds. The molecule has 0 saturated heterocycles. The second kappa shape index (κ2) is 62.0. The summed E-state index contributed by atoms with van der Waals surface area (Å²) < 4.78 is 10.6. The van der Waals surface area contributed by atoms with Crippen molar-refractivity contribution < 1.29 is 24.2 Å². The molecular formula is C69H104O5. The van der Waals surface area contributed by atoms with E-state index in [4.69, 9.17) is 9.47 Å². The zero-order valence-corrected chi connectivity index (χ0v) is 46.8. The molecule has 1 N–H and O–H groups in total. The number of esters is 2. The lowest BCUT2D eigenvalue weighted by Crippen LogP contribution is -2.28. The van der Waals surface area contributed by atoms with Gasteiger partial charge in [-0.3, -0.25) is 9.59 Å².